The van der Waals surface area contributed by atoms with E-state index in [0.717, 1.165) is 32.5 Å². The number of aromatic nitrogens is 6. The van der Waals surface area contributed by atoms with Crippen molar-refractivity contribution in [1.29, 1.82) is 0 Å². The Morgan fingerprint density at radius 3 is 2.48 bits per heavy atom. The minimum Gasteiger partial charge on any atom is -0.319 e. The molecule has 0 spiro atoms. The van der Waals surface area contributed by atoms with Gasteiger partial charge in [0, 0.05) is 21.1 Å². The molecule has 1 N–H and O–H groups in total. The summed E-state index contributed by atoms with van der Waals surface area (Å²) in [6.07, 6.45) is 0. The molecule has 4 aromatic rings. The zero-order chi connectivity index (χ0) is 17.6. The summed E-state index contributed by atoms with van der Waals surface area (Å²) in [6, 6.07) is 14.2. The van der Waals surface area contributed by atoms with Gasteiger partial charge in [-0.1, -0.05) is 40.2 Å². The van der Waals surface area contributed by atoms with Crippen molar-refractivity contribution >= 4 is 27.0 Å². The van der Waals surface area contributed by atoms with Gasteiger partial charge in [0.05, 0.1) is 11.0 Å². The van der Waals surface area contributed by atoms with E-state index in [1.165, 1.54) is 0 Å². The van der Waals surface area contributed by atoms with Gasteiger partial charge >= 0.3 is 0 Å². The molecule has 0 bridgehead atoms. The highest BCUT2D eigenvalue weighted by atomic mass is 79.9. The quantitative estimate of drug-likeness (QED) is 0.544. The SMILES string of the molecule is CC(C)(C)n1c(-c2ccccc2-c2nn[nH]n2)nc2cc(Br)ccc21. The average molecular weight is 397 g/mol. The predicted molar refractivity (Wildman–Crippen MR) is 101 cm³/mol. The number of benzene rings is 2. The highest BCUT2D eigenvalue weighted by Gasteiger charge is 2.24. The van der Waals surface area contributed by atoms with Crippen LogP contribution in [0.4, 0.5) is 0 Å². The van der Waals surface area contributed by atoms with E-state index in [2.05, 4.69) is 68.0 Å². The van der Waals surface area contributed by atoms with Crippen molar-refractivity contribution in [3.63, 3.8) is 0 Å². The van der Waals surface area contributed by atoms with Crippen LogP contribution in [-0.2, 0) is 5.54 Å². The number of rotatable bonds is 2. The summed E-state index contributed by atoms with van der Waals surface area (Å²) in [4.78, 5) is 4.93. The zero-order valence-corrected chi connectivity index (χ0v) is 15.7. The molecule has 0 saturated heterocycles. The Bertz CT molecular complexity index is 1040. The van der Waals surface area contributed by atoms with E-state index in [4.69, 9.17) is 4.98 Å². The third-order valence-corrected chi connectivity index (χ3v) is 4.53. The lowest BCUT2D eigenvalue weighted by Crippen LogP contribution is -2.22. The number of hydrogen-bond acceptors (Lipinski definition) is 4. The molecular weight excluding hydrogens is 380 g/mol. The van der Waals surface area contributed by atoms with Gasteiger partial charge in [-0.2, -0.15) is 5.21 Å². The Kier molecular flexibility index (Phi) is 3.68. The number of nitrogens with zero attached hydrogens (tertiary/aromatic N) is 5. The van der Waals surface area contributed by atoms with Gasteiger partial charge in [-0.3, -0.25) is 0 Å². The van der Waals surface area contributed by atoms with E-state index in [-0.39, 0.29) is 5.54 Å². The molecule has 25 heavy (non-hydrogen) atoms. The second-order valence-corrected chi connectivity index (χ2v) is 7.77. The predicted octanol–water partition coefficient (Wildman–Crippen LogP) is 4.40. The molecule has 6 nitrogen and oxygen atoms in total. The first-order valence-electron chi connectivity index (χ1n) is 7.97. The zero-order valence-electron chi connectivity index (χ0n) is 14.2. The second kappa shape index (κ2) is 5.77. The first-order chi connectivity index (χ1) is 11.9. The number of nitrogens with one attached hydrogen (secondary N) is 1. The molecule has 0 aliphatic carbocycles. The molecule has 0 radical (unpaired) electrons. The van der Waals surface area contributed by atoms with Crippen molar-refractivity contribution in [1.82, 2.24) is 30.2 Å². The fourth-order valence-corrected chi connectivity index (χ4v) is 3.41. The van der Waals surface area contributed by atoms with Gasteiger partial charge in [-0.25, -0.2) is 4.98 Å². The fraction of sp³-hybridized carbons (Fsp3) is 0.222. The van der Waals surface area contributed by atoms with E-state index in [0.29, 0.717) is 5.82 Å². The van der Waals surface area contributed by atoms with Gasteiger partial charge in [0.1, 0.15) is 5.82 Å². The van der Waals surface area contributed by atoms with E-state index >= 15 is 0 Å². The van der Waals surface area contributed by atoms with Gasteiger partial charge in [0.25, 0.3) is 0 Å². The molecule has 2 aromatic heterocycles. The number of H-pyrrole nitrogens is 1. The maximum atomic E-state index is 4.93. The Balaban J connectivity index is 2.06. The van der Waals surface area contributed by atoms with Crippen LogP contribution in [0, 0.1) is 0 Å². The van der Waals surface area contributed by atoms with Crippen LogP contribution in [0.1, 0.15) is 20.8 Å². The Morgan fingerprint density at radius 1 is 1.04 bits per heavy atom. The van der Waals surface area contributed by atoms with Crippen LogP contribution in [0.3, 0.4) is 0 Å². The van der Waals surface area contributed by atoms with Crippen molar-refractivity contribution in [2.75, 3.05) is 0 Å². The summed E-state index contributed by atoms with van der Waals surface area (Å²) in [7, 11) is 0. The highest BCUT2D eigenvalue weighted by molar-refractivity contribution is 9.10. The maximum absolute atomic E-state index is 4.93. The summed E-state index contributed by atoms with van der Waals surface area (Å²) in [5.41, 5.74) is 3.78. The average Bonchev–Trinajstić information content (AvgIpc) is 3.21. The van der Waals surface area contributed by atoms with Crippen molar-refractivity contribution in [2.45, 2.75) is 26.3 Å². The second-order valence-electron chi connectivity index (χ2n) is 6.86. The van der Waals surface area contributed by atoms with Crippen molar-refractivity contribution < 1.29 is 0 Å². The van der Waals surface area contributed by atoms with Crippen molar-refractivity contribution in [3.05, 3.63) is 46.9 Å². The molecule has 0 atom stereocenters. The largest absolute Gasteiger partial charge is 0.319 e. The summed E-state index contributed by atoms with van der Waals surface area (Å²) >= 11 is 3.54. The normalized spacial score (nSPS) is 12.0. The van der Waals surface area contributed by atoms with Crippen molar-refractivity contribution in [3.8, 4) is 22.8 Å². The number of fused-ring (bicyclic) bond motifs is 1. The molecule has 4 rings (SSSR count). The molecule has 0 amide bonds. The van der Waals surface area contributed by atoms with Crippen LogP contribution in [0.5, 0.6) is 0 Å². The third-order valence-electron chi connectivity index (χ3n) is 4.04. The van der Waals surface area contributed by atoms with Gasteiger partial charge in [0.2, 0.25) is 5.82 Å². The van der Waals surface area contributed by atoms with Gasteiger partial charge < -0.3 is 4.57 Å². The van der Waals surface area contributed by atoms with E-state index in [1.54, 1.807) is 0 Å². The number of tetrazole rings is 1. The van der Waals surface area contributed by atoms with E-state index < -0.39 is 0 Å². The molecule has 0 aliphatic rings. The molecule has 0 fully saturated rings. The Morgan fingerprint density at radius 2 is 1.80 bits per heavy atom. The fourth-order valence-electron chi connectivity index (χ4n) is 3.06. The first-order valence-corrected chi connectivity index (χ1v) is 8.76. The molecule has 0 aliphatic heterocycles. The minimum absolute atomic E-state index is 0.137. The van der Waals surface area contributed by atoms with Crippen LogP contribution in [0.25, 0.3) is 33.8 Å². The molecule has 126 valence electrons. The lowest BCUT2D eigenvalue weighted by molar-refractivity contribution is 0.413. The van der Waals surface area contributed by atoms with Crippen LogP contribution in [-0.4, -0.2) is 30.2 Å². The lowest BCUT2D eigenvalue weighted by atomic mass is 10.0. The summed E-state index contributed by atoms with van der Waals surface area (Å²) in [6.45, 7) is 6.53. The van der Waals surface area contributed by atoms with Crippen LogP contribution in [0.2, 0.25) is 0 Å². The number of hydrogen-bond donors (Lipinski definition) is 1. The van der Waals surface area contributed by atoms with Gasteiger partial charge in [-0.15, -0.1) is 10.2 Å². The number of imidazole rings is 1. The smallest absolute Gasteiger partial charge is 0.205 e. The molecule has 0 unspecified atom stereocenters. The highest BCUT2D eigenvalue weighted by Crippen LogP contribution is 2.36. The number of aromatic amines is 1. The summed E-state index contributed by atoms with van der Waals surface area (Å²) in [5, 5.41) is 14.5. The van der Waals surface area contributed by atoms with Crippen LogP contribution < -0.4 is 0 Å². The van der Waals surface area contributed by atoms with Gasteiger partial charge in [-0.05, 0) is 44.2 Å². The number of halogens is 1. The summed E-state index contributed by atoms with van der Waals surface area (Å²) in [5.74, 6) is 1.45. The first kappa shape index (κ1) is 16.0. The third kappa shape index (κ3) is 2.74. The molecular formula is C18H17BrN6. The standard InChI is InChI=1S/C18H17BrN6/c1-18(2,3)25-15-9-8-11(19)10-14(15)20-17(25)13-7-5-4-6-12(13)16-21-23-24-22-16/h4-10H,1-3H3,(H,21,22,23,24). The van der Waals surface area contributed by atoms with Crippen LogP contribution >= 0.6 is 15.9 Å². The van der Waals surface area contributed by atoms with Crippen LogP contribution in [0.15, 0.2) is 46.9 Å². The Labute approximate surface area is 153 Å². The summed E-state index contributed by atoms with van der Waals surface area (Å²) < 4.78 is 3.27. The molecule has 0 saturated carbocycles. The molecule has 2 heterocycles. The topological polar surface area (TPSA) is 72.3 Å². The van der Waals surface area contributed by atoms with Gasteiger partial charge in [0.15, 0.2) is 0 Å². The molecule has 2 aromatic carbocycles. The minimum atomic E-state index is -0.137. The van der Waals surface area contributed by atoms with E-state index in [1.807, 2.05) is 36.4 Å². The molecule has 7 heteroatoms. The van der Waals surface area contributed by atoms with E-state index in [9.17, 15) is 0 Å². The monoisotopic (exact) mass is 396 g/mol. The van der Waals surface area contributed by atoms with Crippen molar-refractivity contribution in [2.24, 2.45) is 0 Å². The Hall–Kier alpha value is -2.54. The maximum Gasteiger partial charge on any atom is 0.205 e. The lowest BCUT2D eigenvalue weighted by Gasteiger charge is -2.25.